The van der Waals surface area contributed by atoms with Crippen LogP contribution in [0.15, 0.2) is 170 Å². The molecule has 3 nitrogen and oxygen atoms in total. The fourth-order valence-electron chi connectivity index (χ4n) is 11.1. The average Bonchev–Trinajstić information content (AvgIpc) is 3.89. The Hall–Kier alpha value is -6.84. The van der Waals surface area contributed by atoms with E-state index in [1.807, 2.05) is 0 Å². The van der Waals surface area contributed by atoms with Gasteiger partial charge in [-0.3, -0.25) is 4.57 Å². The van der Waals surface area contributed by atoms with Gasteiger partial charge in [0.1, 0.15) is 5.69 Å². The van der Waals surface area contributed by atoms with Crippen molar-refractivity contribution in [3.8, 4) is 39.3 Å². The summed E-state index contributed by atoms with van der Waals surface area (Å²) < 4.78 is 2.40. The summed E-state index contributed by atoms with van der Waals surface area (Å²) in [7, 11) is 0. The predicted octanol–water partition coefficient (Wildman–Crippen LogP) is 13.3. The topological polar surface area (TPSA) is 30.7 Å². The number of nitrogens with zero attached hydrogens (tertiary/aromatic N) is 3. The van der Waals surface area contributed by atoms with Gasteiger partial charge < -0.3 is 0 Å². The molecule has 2 aromatic heterocycles. The first-order valence-corrected chi connectivity index (χ1v) is 20.2. The maximum absolute atomic E-state index is 5.53. The van der Waals surface area contributed by atoms with Gasteiger partial charge in [-0.1, -0.05) is 147 Å². The highest BCUT2D eigenvalue weighted by atomic mass is 15.1. The molecule has 3 aliphatic rings. The van der Waals surface area contributed by atoms with Gasteiger partial charge in [-0.05, 0) is 110 Å². The van der Waals surface area contributed by atoms with Crippen LogP contribution in [0.2, 0.25) is 0 Å². The van der Waals surface area contributed by atoms with Crippen molar-refractivity contribution in [1.82, 2.24) is 14.5 Å². The molecule has 1 saturated carbocycles. The lowest BCUT2D eigenvalue weighted by Gasteiger charge is -2.28. The SMILES string of the molecule is CC1(C)c2ccccc2-c2cc(-c3nc4ccccc4nc3-n3c4ccc(C56CC5c5ccccc5-c5ccccc56)cc4c4c5ccccc5ccc43)ccc21. The van der Waals surface area contributed by atoms with E-state index in [2.05, 4.69) is 188 Å². The Bertz CT molecular complexity index is 3380. The zero-order valence-corrected chi connectivity index (χ0v) is 31.8. The molecule has 0 spiro atoms. The largest absolute Gasteiger partial charge is 0.292 e. The first-order chi connectivity index (χ1) is 28.0. The molecule has 0 aliphatic heterocycles. The Kier molecular flexibility index (Phi) is 6.01. The second kappa shape index (κ2) is 10.9. The van der Waals surface area contributed by atoms with Crippen LogP contribution in [0.3, 0.4) is 0 Å². The summed E-state index contributed by atoms with van der Waals surface area (Å²) in [6.45, 7) is 4.67. The molecule has 0 N–H and O–H groups in total. The molecule has 2 unspecified atom stereocenters. The highest BCUT2D eigenvalue weighted by Gasteiger charge is 2.60. The summed E-state index contributed by atoms with van der Waals surface area (Å²) >= 11 is 0. The molecule has 268 valence electrons. The van der Waals surface area contributed by atoms with E-state index in [1.54, 1.807) is 0 Å². The molecular formula is C54H37N3. The van der Waals surface area contributed by atoms with Gasteiger partial charge in [0.05, 0.1) is 22.1 Å². The highest BCUT2D eigenvalue weighted by molar-refractivity contribution is 6.21. The first-order valence-electron chi connectivity index (χ1n) is 20.2. The minimum atomic E-state index is -0.0745. The van der Waals surface area contributed by atoms with E-state index in [-0.39, 0.29) is 10.8 Å². The van der Waals surface area contributed by atoms with Crippen molar-refractivity contribution >= 4 is 43.6 Å². The molecule has 3 heteroatoms. The Morgan fingerprint density at radius 3 is 2.05 bits per heavy atom. The third kappa shape index (κ3) is 4.06. The van der Waals surface area contributed by atoms with Crippen molar-refractivity contribution in [2.45, 2.75) is 37.0 Å². The fourth-order valence-corrected chi connectivity index (χ4v) is 11.1. The Morgan fingerprint density at radius 1 is 0.526 bits per heavy atom. The molecule has 8 aromatic carbocycles. The van der Waals surface area contributed by atoms with Crippen LogP contribution in [-0.2, 0) is 10.8 Å². The number of hydrogen-bond donors (Lipinski definition) is 0. The van der Waals surface area contributed by atoms with Gasteiger partial charge >= 0.3 is 0 Å². The predicted molar refractivity (Wildman–Crippen MR) is 234 cm³/mol. The summed E-state index contributed by atoms with van der Waals surface area (Å²) in [5, 5.41) is 5.00. The highest BCUT2D eigenvalue weighted by Crippen LogP contribution is 2.70. The van der Waals surface area contributed by atoms with E-state index in [1.165, 1.54) is 71.6 Å². The van der Waals surface area contributed by atoms with E-state index in [9.17, 15) is 0 Å². The summed E-state index contributed by atoms with van der Waals surface area (Å²) in [4.78, 5) is 11.0. The van der Waals surface area contributed by atoms with E-state index < -0.39 is 0 Å². The van der Waals surface area contributed by atoms with Crippen LogP contribution in [0.1, 0.15) is 54.0 Å². The van der Waals surface area contributed by atoms with Gasteiger partial charge in [0.2, 0.25) is 0 Å². The standard InChI is InChI=1S/C54H37N3/c1-53(2)42-19-9-7-18-39(42)40-29-33(23-26-43(40)53)51-52(56-47-22-12-11-21-46(47)55-51)57-48-28-25-34(30-41(48)50-35-14-4-3-13-32(35)24-27-49(50)57)54-31-45(54)38-17-6-5-15-36(38)37-16-8-10-20-44(37)54/h3-30,45H,31H2,1-2H3. The van der Waals surface area contributed by atoms with Crippen molar-refractivity contribution in [2.75, 3.05) is 0 Å². The number of benzene rings is 8. The molecule has 2 atom stereocenters. The minimum absolute atomic E-state index is 0.0550. The summed E-state index contributed by atoms with van der Waals surface area (Å²) in [5.41, 5.74) is 18.2. The van der Waals surface area contributed by atoms with Crippen LogP contribution < -0.4 is 0 Å². The van der Waals surface area contributed by atoms with E-state index in [0.29, 0.717) is 5.92 Å². The maximum atomic E-state index is 5.53. The zero-order valence-electron chi connectivity index (χ0n) is 31.8. The third-order valence-electron chi connectivity index (χ3n) is 13.8. The fraction of sp³-hybridized carbons (Fsp3) is 0.111. The van der Waals surface area contributed by atoms with Crippen molar-refractivity contribution < 1.29 is 0 Å². The molecule has 1 fully saturated rings. The lowest BCUT2D eigenvalue weighted by molar-refractivity contribution is 0.660. The molecule has 3 aliphatic carbocycles. The van der Waals surface area contributed by atoms with Gasteiger partial charge in [-0.2, -0.15) is 0 Å². The minimum Gasteiger partial charge on any atom is -0.292 e. The molecule has 13 rings (SSSR count). The second-order valence-corrected chi connectivity index (χ2v) is 16.9. The van der Waals surface area contributed by atoms with Gasteiger partial charge in [0.25, 0.3) is 0 Å². The Morgan fingerprint density at radius 2 is 1.19 bits per heavy atom. The van der Waals surface area contributed by atoms with Gasteiger partial charge in [-0.15, -0.1) is 0 Å². The van der Waals surface area contributed by atoms with E-state index in [0.717, 1.165) is 45.6 Å². The summed E-state index contributed by atoms with van der Waals surface area (Å²) in [5.74, 6) is 1.31. The second-order valence-electron chi connectivity index (χ2n) is 16.9. The van der Waals surface area contributed by atoms with E-state index >= 15 is 0 Å². The Balaban J connectivity index is 1.10. The van der Waals surface area contributed by atoms with Crippen molar-refractivity contribution in [3.63, 3.8) is 0 Å². The lowest BCUT2D eigenvalue weighted by Crippen LogP contribution is -2.17. The molecule has 2 heterocycles. The molecule has 57 heavy (non-hydrogen) atoms. The van der Waals surface area contributed by atoms with Crippen LogP contribution >= 0.6 is 0 Å². The van der Waals surface area contributed by atoms with Crippen LogP contribution in [0.25, 0.3) is 82.9 Å². The van der Waals surface area contributed by atoms with Crippen LogP contribution in [-0.4, -0.2) is 14.5 Å². The molecule has 0 saturated heterocycles. The third-order valence-corrected chi connectivity index (χ3v) is 13.8. The molecule has 0 bridgehead atoms. The zero-order chi connectivity index (χ0) is 37.6. The lowest BCUT2D eigenvalue weighted by atomic mass is 9.75. The maximum Gasteiger partial charge on any atom is 0.165 e. The number of rotatable bonds is 3. The van der Waals surface area contributed by atoms with E-state index in [4.69, 9.17) is 9.97 Å². The van der Waals surface area contributed by atoms with Crippen molar-refractivity contribution in [3.05, 3.63) is 198 Å². The monoisotopic (exact) mass is 727 g/mol. The van der Waals surface area contributed by atoms with Gasteiger partial charge in [0.15, 0.2) is 5.82 Å². The van der Waals surface area contributed by atoms with Crippen LogP contribution in [0, 0.1) is 0 Å². The molecule has 0 amide bonds. The number of aromatic nitrogens is 3. The summed E-state index contributed by atoms with van der Waals surface area (Å²) in [6.07, 6.45) is 1.12. The Labute approximate surface area is 330 Å². The molecule has 0 radical (unpaired) electrons. The number of para-hydroxylation sites is 2. The summed E-state index contributed by atoms with van der Waals surface area (Å²) in [6, 6.07) is 63.0. The average molecular weight is 728 g/mol. The quantitative estimate of drug-likeness (QED) is 0.181. The first kappa shape index (κ1) is 31.4. The number of hydrogen-bond acceptors (Lipinski definition) is 2. The van der Waals surface area contributed by atoms with Gasteiger partial charge in [-0.25, -0.2) is 9.97 Å². The molecule has 10 aromatic rings. The van der Waals surface area contributed by atoms with Gasteiger partial charge in [0, 0.05) is 27.2 Å². The van der Waals surface area contributed by atoms with Crippen molar-refractivity contribution in [1.29, 1.82) is 0 Å². The van der Waals surface area contributed by atoms with Crippen LogP contribution in [0.5, 0.6) is 0 Å². The molecular weight excluding hydrogens is 691 g/mol. The number of fused-ring (bicyclic) bond motifs is 15. The van der Waals surface area contributed by atoms with Crippen molar-refractivity contribution in [2.24, 2.45) is 0 Å². The smallest absolute Gasteiger partial charge is 0.165 e. The van der Waals surface area contributed by atoms with Crippen LogP contribution in [0.4, 0.5) is 0 Å². The normalized spacial score (nSPS) is 18.3.